The molecule has 0 N–H and O–H groups in total. The topological polar surface area (TPSA) is 34.6 Å². The van der Waals surface area contributed by atoms with E-state index in [0.29, 0.717) is 17.9 Å². The van der Waals surface area contributed by atoms with Crippen LogP contribution >= 0.6 is 11.9 Å². The highest BCUT2D eigenvalue weighted by Crippen LogP contribution is 2.43. The lowest BCUT2D eigenvalue weighted by Crippen LogP contribution is -2.51. The lowest BCUT2D eigenvalue weighted by atomic mass is 9.85. The Morgan fingerprint density at radius 1 is 0.944 bits per heavy atom. The molecule has 198 valence electrons. The maximum Gasteiger partial charge on any atom is 0.417 e. The first kappa shape index (κ1) is 26.9. The molecule has 2 saturated heterocycles. The molecule has 2 aromatic rings. The molecule has 2 aliphatic heterocycles. The number of pyridine rings is 1. The van der Waals surface area contributed by atoms with Crippen LogP contribution in [0.4, 0.5) is 26.3 Å². The van der Waals surface area contributed by atoms with Crippen molar-refractivity contribution in [1.29, 1.82) is 0 Å². The summed E-state index contributed by atoms with van der Waals surface area (Å²) in [5.41, 5.74) is -1.58. The molecule has 1 aromatic heterocycles. The van der Waals surface area contributed by atoms with Crippen LogP contribution in [0.3, 0.4) is 0 Å². The second kappa shape index (κ2) is 10.7. The van der Waals surface area contributed by atoms with Crippen molar-refractivity contribution >= 4 is 11.9 Å². The van der Waals surface area contributed by atoms with E-state index in [2.05, 4.69) is 9.29 Å². The monoisotopic (exact) mass is 534 g/mol. The van der Waals surface area contributed by atoms with Crippen LogP contribution < -0.4 is 9.47 Å². The molecule has 0 amide bonds. The van der Waals surface area contributed by atoms with Gasteiger partial charge in [-0.15, -0.1) is 0 Å². The van der Waals surface area contributed by atoms with Crippen LogP contribution in [-0.2, 0) is 12.4 Å². The SMILES string of the molecule is CC(C)COc1cc(C(F)(F)F)ccc1O[C@H]1C[C@H]2CCC[C@@H](C1)N2Sc1ccc(C(F)(F)F)cn1. The summed E-state index contributed by atoms with van der Waals surface area (Å²) in [7, 11) is 0. The largest absolute Gasteiger partial charge is 0.489 e. The van der Waals surface area contributed by atoms with Crippen molar-refractivity contribution in [2.45, 2.75) is 81.5 Å². The molecule has 3 atom stereocenters. The van der Waals surface area contributed by atoms with Gasteiger partial charge >= 0.3 is 12.4 Å². The molecule has 0 radical (unpaired) electrons. The van der Waals surface area contributed by atoms with Crippen molar-refractivity contribution in [1.82, 2.24) is 9.29 Å². The van der Waals surface area contributed by atoms with Gasteiger partial charge < -0.3 is 9.47 Å². The Bertz CT molecular complexity index is 1010. The molecule has 0 saturated carbocycles. The number of rotatable bonds is 7. The number of hydrogen-bond donors (Lipinski definition) is 0. The summed E-state index contributed by atoms with van der Waals surface area (Å²) in [6, 6.07) is 5.95. The minimum absolute atomic E-state index is 0.0782. The van der Waals surface area contributed by atoms with Crippen LogP contribution in [0.1, 0.15) is 57.1 Å². The highest BCUT2D eigenvalue weighted by Gasteiger charge is 2.41. The highest BCUT2D eigenvalue weighted by molar-refractivity contribution is 7.97. The Morgan fingerprint density at radius 3 is 2.14 bits per heavy atom. The molecule has 4 nitrogen and oxygen atoms in total. The van der Waals surface area contributed by atoms with Crippen molar-refractivity contribution < 1.29 is 35.8 Å². The van der Waals surface area contributed by atoms with Crippen LogP contribution in [0.2, 0.25) is 0 Å². The van der Waals surface area contributed by atoms with Gasteiger partial charge in [-0.2, -0.15) is 26.3 Å². The minimum Gasteiger partial charge on any atom is -0.489 e. The molecule has 0 spiro atoms. The fraction of sp³-hybridized carbons (Fsp3) is 0.560. The molecule has 2 aliphatic rings. The summed E-state index contributed by atoms with van der Waals surface area (Å²) >= 11 is 1.35. The zero-order chi connectivity index (χ0) is 26.1. The number of fused-ring (bicyclic) bond motifs is 2. The zero-order valence-corrected chi connectivity index (χ0v) is 20.7. The van der Waals surface area contributed by atoms with E-state index in [0.717, 1.165) is 43.7 Å². The summed E-state index contributed by atoms with van der Waals surface area (Å²) in [6.45, 7) is 4.08. The summed E-state index contributed by atoms with van der Waals surface area (Å²) < 4.78 is 92.4. The maximum atomic E-state index is 13.3. The van der Waals surface area contributed by atoms with Crippen LogP contribution in [0.5, 0.6) is 11.5 Å². The normalized spacial score (nSPS) is 23.1. The highest BCUT2D eigenvalue weighted by atomic mass is 32.2. The molecule has 36 heavy (non-hydrogen) atoms. The average molecular weight is 535 g/mol. The van der Waals surface area contributed by atoms with Gasteiger partial charge in [-0.1, -0.05) is 20.3 Å². The van der Waals surface area contributed by atoms with Crippen molar-refractivity contribution in [2.75, 3.05) is 6.61 Å². The quantitative estimate of drug-likeness (QED) is 0.270. The van der Waals surface area contributed by atoms with Gasteiger partial charge in [-0.25, -0.2) is 9.29 Å². The van der Waals surface area contributed by atoms with Gasteiger partial charge in [-0.05, 0) is 61.0 Å². The van der Waals surface area contributed by atoms with Crippen LogP contribution in [0.25, 0.3) is 0 Å². The number of hydrogen-bond acceptors (Lipinski definition) is 5. The molecular formula is C25H28F6N2O2S. The third-order valence-electron chi connectivity index (χ3n) is 6.26. The number of nitrogens with zero attached hydrogens (tertiary/aromatic N) is 2. The summed E-state index contributed by atoms with van der Waals surface area (Å²) in [5.74, 6) is 0.498. The van der Waals surface area contributed by atoms with Gasteiger partial charge in [0, 0.05) is 31.1 Å². The van der Waals surface area contributed by atoms with Crippen molar-refractivity contribution in [2.24, 2.45) is 5.92 Å². The first-order valence-corrected chi connectivity index (χ1v) is 12.7. The Morgan fingerprint density at radius 2 is 1.58 bits per heavy atom. The third-order valence-corrected chi connectivity index (χ3v) is 7.50. The van der Waals surface area contributed by atoms with E-state index in [4.69, 9.17) is 9.47 Å². The molecular weight excluding hydrogens is 506 g/mol. The predicted molar refractivity (Wildman–Crippen MR) is 124 cm³/mol. The number of aromatic nitrogens is 1. The number of halogens is 6. The molecule has 2 fully saturated rings. The number of piperidine rings is 2. The van der Waals surface area contributed by atoms with Gasteiger partial charge in [0.2, 0.25) is 0 Å². The molecule has 0 aliphatic carbocycles. The van der Waals surface area contributed by atoms with E-state index in [9.17, 15) is 26.3 Å². The molecule has 1 aromatic carbocycles. The zero-order valence-electron chi connectivity index (χ0n) is 19.9. The van der Waals surface area contributed by atoms with Crippen molar-refractivity contribution in [3.8, 4) is 11.5 Å². The predicted octanol–water partition coefficient (Wildman–Crippen LogP) is 7.63. The van der Waals surface area contributed by atoms with E-state index < -0.39 is 23.5 Å². The molecule has 4 rings (SSSR count). The summed E-state index contributed by atoms with van der Waals surface area (Å²) in [5, 5.41) is 0.492. The van der Waals surface area contributed by atoms with E-state index in [1.807, 2.05) is 13.8 Å². The van der Waals surface area contributed by atoms with Crippen LogP contribution in [0, 0.1) is 5.92 Å². The first-order valence-electron chi connectivity index (χ1n) is 11.9. The summed E-state index contributed by atoms with van der Waals surface area (Å²) in [6.07, 6.45) is -4.17. The standard InChI is InChI=1S/C25H28F6N2O2S/c1-15(2)14-34-22-10-16(24(26,27)28)6-8-21(22)35-20-11-18-4-3-5-19(12-20)33(18)36-23-9-7-17(13-32-23)25(29,30)31/h6-10,13,15,18-20H,3-5,11-12,14H2,1-2H3/t18-,19+,20+. The molecule has 0 unspecified atom stereocenters. The Kier molecular flexibility index (Phi) is 7.99. The van der Waals surface area contributed by atoms with Gasteiger partial charge in [0.25, 0.3) is 0 Å². The Labute approximate surface area is 210 Å². The van der Waals surface area contributed by atoms with Crippen LogP contribution in [0.15, 0.2) is 41.6 Å². The van der Waals surface area contributed by atoms with Gasteiger partial charge in [0.05, 0.1) is 17.7 Å². The number of alkyl halides is 6. The lowest BCUT2D eigenvalue weighted by molar-refractivity contribution is -0.138. The van der Waals surface area contributed by atoms with E-state index >= 15 is 0 Å². The van der Waals surface area contributed by atoms with Crippen molar-refractivity contribution in [3.63, 3.8) is 0 Å². The van der Waals surface area contributed by atoms with E-state index in [1.54, 1.807) is 0 Å². The Balaban J connectivity index is 1.46. The average Bonchev–Trinajstić information content (AvgIpc) is 2.78. The molecule has 3 heterocycles. The number of benzene rings is 1. The minimum atomic E-state index is -4.49. The smallest absolute Gasteiger partial charge is 0.417 e. The molecule has 2 bridgehead atoms. The Hall–Kier alpha value is -2.14. The van der Waals surface area contributed by atoms with Gasteiger partial charge in [0.1, 0.15) is 11.1 Å². The van der Waals surface area contributed by atoms with E-state index in [-0.39, 0.29) is 42.2 Å². The maximum absolute atomic E-state index is 13.3. The summed E-state index contributed by atoms with van der Waals surface area (Å²) in [4.78, 5) is 3.99. The third kappa shape index (κ3) is 6.59. The van der Waals surface area contributed by atoms with Crippen LogP contribution in [-0.4, -0.2) is 34.1 Å². The van der Waals surface area contributed by atoms with E-state index in [1.165, 1.54) is 24.1 Å². The second-order valence-corrected chi connectivity index (χ2v) is 10.7. The lowest BCUT2D eigenvalue weighted by Gasteiger charge is -2.47. The van der Waals surface area contributed by atoms with Gasteiger partial charge in [0.15, 0.2) is 11.5 Å². The second-order valence-electron chi connectivity index (χ2n) is 9.65. The number of ether oxygens (including phenoxy) is 2. The molecule has 11 heteroatoms. The first-order chi connectivity index (χ1) is 16.9. The fourth-order valence-corrected chi connectivity index (χ4v) is 5.70. The van der Waals surface area contributed by atoms with Crippen molar-refractivity contribution in [3.05, 3.63) is 47.7 Å². The fourth-order valence-electron chi connectivity index (χ4n) is 4.57. The van der Waals surface area contributed by atoms with Gasteiger partial charge in [-0.3, -0.25) is 0 Å².